The number of likely N-dealkylation sites (N-methyl/N-ethyl adjacent to an activating group) is 1. The molecule has 0 aliphatic carbocycles. The van der Waals surface area contributed by atoms with Crippen LogP contribution in [0, 0.1) is 5.41 Å². The molecule has 0 aromatic rings. The van der Waals surface area contributed by atoms with Crippen LogP contribution >= 0.6 is 0 Å². The minimum Gasteiger partial charge on any atom is -0.362 e. The Morgan fingerprint density at radius 1 is 1.38 bits per heavy atom. The molecule has 0 spiro atoms. The normalized spacial score (nSPS) is 17.7. The Morgan fingerprint density at radius 3 is 2.54 bits per heavy atom. The second-order valence-electron chi connectivity index (χ2n) is 3.77. The summed E-state index contributed by atoms with van der Waals surface area (Å²) in [4.78, 5) is 4.54. The molecule has 0 radical (unpaired) electrons. The molecule has 1 N–H and O–H groups in total. The van der Waals surface area contributed by atoms with Gasteiger partial charge in [-0.1, -0.05) is 6.92 Å². The van der Waals surface area contributed by atoms with E-state index in [2.05, 4.69) is 9.80 Å². The van der Waals surface area contributed by atoms with Crippen molar-refractivity contribution in [3.05, 3.63) is 0 Å². The molecule has 3 nitrogen and oxygen atoms in total. The van der Waals surface area contributed by atoms with Gasteiger partial charge in [0, 0.05) is 26.6 Å². The number of rotatable bonds is 4. The monoisotopic (exact) mass is 183 g/mol. The lowest BCUT2D eigenvalue weighted by Crippen LogP contribution is -2.34. The molecule has 0 bridgehead atoms. The number of hydrogen-bond donors (Lipinski definition) is 1. The highest BCUT2D eigenvalue weighted by Crippen LogP contribution is 2.06. The maximum Gasteiger partial charge on any atom is 0.0952 e. The molecule has 0 aromatic carbocycles. The SMILES string of the molecule is CCC(=N)N(C)CCN1CCCC1. The highest BCUT2D eigenvalue weighted by molar-refractivity contribution is 5.78. The van der Waals surface area contributed by atoms with Crippen molar-refractivity contribution in [1.29, 1.82) is 5.41 Å². The number of nitrogens with one attached hydrogen (secondary N) is 1. The van der Waals surface area contributed by atoms with E-state index in [4.69, 9.17) is 5.41 Å². The molecule has 0 amide bonds. The molecular formula is C10H21N3. The van der Waals surface area contributed by atoms with Crippen molar-refractivity contribution in [2.45, 2.75) is 26.2 Å². The Bertz CT molecular complexity index is 162. The molecule has 76 valence electrons. The molecule has 0 atom stereocenters. The van der Waals surface area contributed by atoms with Gasteiger partial charge in [-0.15, -0.1) is 0 Å². The van der Waals surface area contributed by atoms with Gasteiger partial charge in [-0.2, -0.15) is 0 Å². The Labute approximate surface area is 81.2 Å². The lowest BCUT2D eigenvalue weighted by atomic mass is 10.4. The zero-order chi connectivity index (χ0) is 9.68. The van der Waals surface area contributed by atoms with Gasteiger partial charge in [-0.05, 0) is 25.9 Å². The van der Waals surface area contributed by atoms with Crippen molar-refractivity contribution >= 4 is 5.84 Å². The van der Waals surface area contributed by atoms with Crippen LogP contribution < -0.4 is 0 Å². The van der Waals surface area contributed by atoms with E-state index in [1.807, 2.05) is 14.0 Å². The smallest absolute Gasteiger partial charge is 0.0952 e. The largest absolute Gasteiger partial charge is 0.362 e. The first-order valence-electron chi connectivity index (χ1n) is 5.25. The van der Waals surface area contributed by atoms with E-state index >= 15 is 0 Å². The van der Waals surface area contributed by atoms with E-state index in [0.717, 1.165) is 25.3 Å². The van der Waals surface area contributed by atoms with Crippen molar-refractivity contribution in [2.75, 3.05) is 33.2 Å². The Morgan fingerprint density at radius 2 is 2.00 bits per heavy atom. The molecule has 0 saturated carbocycles. The fourth-order valence-electron chi connectivity index (χ4n) is 1.70. The van der Waals surface area contributed by atoms with E-state index in [1.165, 1.54) is 25.9 Å². The molecule has 0 unspecified atom stereocenters. The number of likely N-dealkylation sites (tertiary alicyclic amines) is 1. The van der Waals surface area contributed by atoms with Crippen LogP contribution in [0.1, 0.15) is 26.2 Å². The van der Waals surface area contributed by atoms with Crippen LogP contribution in [0.25, 0.3) is 0 Å². The van der Waals surface area contributed by atoms with E-state index in [-0.39, 0.29) is 0 Å². The van der Waals surface area contributed by atoms with Gasteiger partial charge in [-0.3, -0.25) is 5.41 Å². The van der Waals surface area contributed by atoms with Gasteiger partial charge >= 0.3 is 0 Å². The first-order chi connectivity index (χ1) is 6.24. The van der Waals surface area contributed by atoms with Crippen molar-refractivity contribution in [3.8, 4) is 0 Å². The Kier molecular flexibility index (Phi) is 4.22. The number of hydrogen-bond acceptors (Lipinski definition) is 2. The summed E-state index contributed by atoms with van der Waals surface area (Å²) in [5.41, 5.74) is 0. The summed E-state index contributed by atoms with van der Waals surface area (Å²) in [7, 11) is 2.02. The summed E-state index contributed by atoms with van der Waals surface area (Å²) in [5, 5.41) is 7.62. The summed E-state index contributed by atoms with van der Waals surface area (Å²) in [6, 6.07) is 0. The van der Waals surface area contributed by atoms with Crippen LogP contribution in [-0.2, 0) is 0 Å². The maximum atomic E-state index is 7.62. The molecule has 1 heterocycles. The van der Waals surface area contributed by atoms with Crippen LogP contribution in [-0.4, -0.2) is 48.9 Å². The van der Waals surface area contributed by atoms with E-state index in [9.17, 15) is 0 Å². The van der Waals surface area contributed by atoms with Gasteiger partial charge in [0.05, 0.1) is 5.84 Å². The van der Waals surface area contributed by atoms with Crippen LogP contribution in [0.3, 0.4) is 0 Å². The second kappa shape index (κ2) is 5.22. The lowest BCUT2D eigenvalue weighted by molar-refractivity contribution is 0.306. The first kappa shape index (κ1) is 10.5. The summed E-state index contributed by atoms with van der Waals surface area (Å²) in [6.45, 7) is 6.68. The van der Waals surface area contributed by atoms with Crippen molar-refractivity contribution in [1.82, 2.24) is 9.80 Å². The highest BCUT2D eigenvalue weighted by atomic mass is 15.2. The van der Waals surface area contributed by atoms with Crippen LogP contribution in [0.15, 0.2) is 0 Å². The van der Waals surface area contributed by atoms with Crippen molar-refractivity contribution < 1.29 is 0 Å². The lowest BCUT2D eigenvalue weighted by Gasteiger charge is -2.22. The fourth-order valence-corrected chi connectivity index (χ4v) is 1.70. The van der Waals surface area contributed by atoms with Gasteiger partial charge in [0.15, 0.2) is 0 Å². The average Bonchev–Trinajstić information content (AvgIpc) is 2.65. The number of nitrogens with zero attached hydrogens (tertiary/aromatic N) is 2. The summed E-state index contributed by atoms with van der Waals surface area (Å²) in [5.74, 6) is 0.749. The van der Waals surface area contributed by atoms with Crippen molar-refractivity contribution in [3.63, 3.8) is 0 Å². The third kappa shape index (κ3) is 3.35. The van der Waals surface area contributed by atoms with Crippen LogP contribution in [0.5, 0.6) is 0 Å². The van der Waals surface area contributed by atoms with Crippen molar-refractivity contribution in [2.24, 2.45) is 0 Å². The standard InChI is InChI=1S/C10H21N3/c1-3-10(11)12(2)8-9-13-6-4-5-7-13/h11H,3-9H2,1-2H3. The molecule has 0 aromatic heterocycles. The minimum atomic E-state index is 0.749. The van der Waals surface area contributed by atoms with E-state index in [1.54, 1.807) is 0 Å². The van der Waals surface area contributed by atoms with E-state index < -0.39 is 0 Å². The third-order valence-electron chi connectivity index (χ3n) is 2.75. The molecule has 13 heavy (non-hydrogen) atoms. The minimum absolute atomic E-state index is 0.749. The number of amidine groups is 1. The zero-order valence-electron chi connectivity index (χ0n) is 8.84. The maximum absolute atomic E-state index is 7.62. The van der Waals surface area contributed by atoms with Gasteiger partial charge in [-0.25, -0.2) is 0 Å². The Balaban J connectivity index is 2.13. The average molecular weight is 183 g/mol. The molecule has 3 heteroatoms. The molecule has 1 aliphatic heterocycles. The molecular weight excluding hydrogens is 162 g/mol. The summed E-state index contributed by atoms with van der Waals surface area (Å²) in [6.07, 6.45) is 3.56. The molecule has 1 rings (SSSR count). The predicted octanol–water partition coefficient (Wildman–Crippen LogP) is 1.40. The molecule has 1 aliphatic rings. The summed E-state index contributed by atoms with van der Waals surface area (Å²) >= 11 is 0. The van der Waals surface area contributed by atoms with Gasteiger partial charge in [0.2, 0.25) is 0 Å². The van der Waals surface area contributed by atoms with Gasteiger partial charge in [0.25, 0.3) is 0 Å². The first-order valence-corrected chi connectivity index (χ1v) is 5.25. The van der Waals surface area contributed by atoms with Crippen LogP contribution in [0.2, 0.25) is 0 Å². The quantitative estimate of drug-likeness (QED) is 0.527. The van der Waals surface area contributed by atoms with Gasteiger partial charge < -0.3 is 9.80 Å². The predicted molar refractivity (Wildman–Crippen MR) is 56.3 cm³/mol. The molecule has 1 fully saturated rings. The van der Waals surface area contributed by atoms with Crippen LogP contribution in [0.4, 0.5) is 0 Å². The fraction of sp³-hybridized carbons (Fsp3) is 0.900. The highest BCUT2D eigenvalue weighted by Gasteiger charge is 2.11. The molecule has 1 saturated heterocycles. The topological polar surface area (TPSA) is 30.3 Å². The third-order valence-corrected chi connectivity index (χ3v) is 2.75. The second-order valence-corrected chi connectivity index (χ2v) is 3.77. The Hall–Kier alpha value is -0.570. The van der Waals surface area contributed by atoms with E-state index in [0.29, 0.717) is 0 Å². The summed E-state index contributed by atoms with van der Waals surface area (Å²) < 4.78 is 0. The van der Waals surface area contributed by atoms with Gasteiger partial charge in [0.1, 0.15) is 0 Å². The zero-order valence-corrected chi connectivity index (χ0v) is 8.84.